The molecule has 100 valence electrons. The van der Waals surface area contributed by atoms with Crippen LogP contribution in [0.3, 0.4) is 0 Å². The first-order chi connectivity index (χ1) is 9.72. The quantitative estimate of drug-likeness (QED) is 0.653. The fourth-order valence-corrected chi connectivity index (χ4v) is 2.57. The first-order valence-corrected chi connectivity index (χ1v) is 7.01. The molecule has 0 spiro atoms. The molecule has 0 saturated carbocycles. The maximum absolute atomic E-state index is 5.82. The van der Waals surface area contributed by atoms with Crippen LogP contribution in [0.4, 0.5) is 0 Å². The van der Waals surface area contributed by atoms with Crippen molar-refractivity contribution in [3.05, 3.63) is 70.3 Å². The molecule has 3 rings (SSSR count). The van der Waals surface area contributed by atoms with Crippen LogP contribution in [0.15, 0.2) is 42.5 Å². The molecule has 2 aromatic carbocycles. The summed E-state index contributed by atoms with van der Waals surface area (Å²) in [4.78, 5) is 0. The van der Waals surface area contributed by atoms with E-state index in [1.54, 1.807) is 0 Å². The summed E-state index contributed by atoms with van der Waals surface area (Å²) in [6.45, 7) is 4.97. The number of hydrogen-bond acceptors (Lipinski definition) is 1. The summed E-state index contributed by atoms with van der Waals surface area (Å²) < 4.78 is 5.82. The zero-order chi connectivity index (χ0) is 13.9. The van der Waals surface area contributed by atoms with E-state index in [2.05, 4.69) is 56.0 Å². The van der Waals surface area contributed by atoms with E-state index in [0.717, 1.165) is 18.6 Å². The van der Waals surface area contributed by atoms with Crippen LogP contribution in [0.25, 0.3) is 0 Å². The van der Waals surface area contributed by atoms with Crippen LogP contribution >= 0.6 is 0 Å². The number of rotatable bonds is 0. The summed E-state index contributed by atoms with van der Waals surface area (Å²) in [6.07, 6.45) is 0.888. The second-order valence-electron chi connectivity index (χ2n) is 5.34. The van der Waals surface area contributed by atoms with Gasteiger partial charge in [-0.15, -0.1) is 0 Å². The highest BCUT2D eigenvalue weighted by molar-refractivity contribution is 5.42. The van der Waals surface area contributed by atoms with Gasteiger partial charge in [0.05, 0.1) is 6.61 Å². The molecule has 0 fully saturated rings. The predicted molar refractivity (Wildman–Crippen MR) is 81.6 cm³/mol. The van der Waals surface area contributed by atoms with E-state index in [1.165, 1.54) is 22.3 Å². The first-order valence-electron chi connectivity index (χ1n) is 7.01. The molecule has 0 N–H and O–H groups in total. The average molecular weight is 262 g/mol. The van der Waals surface area contributed by atoms with Crippen LogP contribution in [0, 0.1) is 25.7 Å². The summed E-state index contributed by atoms with van der Waals surface area (Å²) in [6, 6.07) is 14.8. The van der Waals surface area contributed by atoms with E-state index in [0.29, 0.717) is 0 Å². The summed E-state index contributed by atoms with van der Waals surface area (Å²) >= 11 is 0. The highest BCUT2D eigenvalue weighted by Gasteiger charge is 2.18. The number of aryl methyl sites for hydroxylation is 2. The molecule has 0 saturated heterocycles. The van der Waals surface area contributed by atoms with Crippen molar-refractivity contribution in [2.75, 3.05) is 6.61 Å². The molecule has 1 aliphatic heterocycles. The van der Waals surface area contributed by atoms with E-state index in [9.17, 15) is 0 Å². The Labute approximate surface area is 120 Å². The van der Waals surface area contributed by atoms with Crippen molar-refractivity contribution >= 4 is 0 Å². The molecule has 1 heterocycles. The largest absolute Gasteiger partial charge is 0.360 e. The van der Waals surface area contributed by atoms with Crippen LogP contribution < -0.4 is 0 Å². The highest BCUT2D eigenvalue weighted by atomic mass is 16.5. The van der Waals surface area contributed by atoms with Gasteiger partial charge in [0.15, 0.2) is 0 Å². The molecule has 1 nitrogen and oxygen atoms in total. The van der Waals surface area contributed by atoms with E-state index in [4.69, 9.17) is 4.74 Å². The number of fused-ring (bicyclic) bond motifs is 1. The van der Waals surface area contributed by atoms with Crippen molar-refractivity contribution in [2.45, 2.75) is 26.4 Å². The Hall–Kier alpha value is -2.04. The van der Waals surface area contributed by atoms with Crippen molar-refractivity contribution < 1.29 is 4.74 Å². The van der Waals surface area contributed by atoms with Gasteiger partial charge in [-0.3, -0.25) is 0 Å². The summed E-state index contributed by atoms with van der Waals surface area (Å²) in [5.41, 5.74) is 6.18. The molecule has 0 unspecified atom stereocenters. The topological polar surface area (TPSA) is 9.23 Å². The Morgan fingerprint density at radius 3 is 2.75 bits per heavy atom. The first kappa shape index (κ1) is 13.0. The molecule has 20 heavy (non-hydrogen) atoms. The van der Waals surface area contributed by atoms with Gasteiger partial charge in [-0.1, -0.05) is 47.7 Å². The third kappa shape index (κ3) is 2.76. The van der Waals surface area contributed by atoms with Gasteiger partial charge in [0.25, 0.3) is 0 Å². The lowest BCUT2D eigenvalue weighted by Crippen LogP contribution is -2.15. The molecular weight excluding hydrogens is 244 g/mol. The van der Waals surface area contributed by atoms with Crippen molar-refractivity contribution in [3.8, 4) is 11.8 Å². The zero-order valence-electron chi connectivity index (χ0n) is 11.9. The Morgan fingerprint density at radius 1 is 1.05 bits per heavy atom. The molecule has 1 heteroatoms. The van der Waals surface area contributed by atoms with Gasteiger partial charge in [-0.25, -0.2) is 0 Å². The second kappa shape index (κ2) is 5.53. The smallest absolute Gasteiger partial charge is 0.144 e. The standard InChI is InChI=1S/C19H18O/c1-14-4-3-5-16(12-14)7-9-19-18-8-6-15(2)13-17(18)10-11-20-19/h3-6,8,12-13,19H,10-11H2,1-2H3/t19-/m0/s1. The van der Waals surface area contributed by atoms with Crippen molar-refractivity contribution in [1.29, 1.82) is 0 Å². The minimum atomic E-state index is -0.0973. The maximum atomic E-state index is 5.82. The summed E-state index contributed by atoms with van der Waals surface area (Å²) in [7, 11) is 0. The lowest BCUT2D eigenvalue weighted by Gasteiger charge is -2.22. The van der Waals surface area contributed by atoms with Gasteiger partial charge in [0.2, 0.25) is 0 Å². The van der Waals surface area contributed by atoms with Crippen molar-refractivity contribution in [3.63, 3.8) is 0 Å². The van der Waals surface area contributed by atoms with Gasteiger partial charge >= 0.3 is 0 Å². The van der Waals surface area contributed by atoms with Crippen LogP contribution in [0.2, 0.25) is 0 Å². The van der Waals surface area contributed by atoms with Gasteiger partial charge in [-0.2, -0.15) is 0 Å². The van der Waals surface area contributed by atoms with Gasteiger partial charge in [-0.05, 0) is 49.1 Å². The van der Waals surface area contributed by atoms with E-state index < -0.39 is 0 Å². The third-order valence-electron chi connectivity index (χ3n) is 3.60. The van der Waals surface area contributed by atoms with E-state index in [-0.39, 0.29) is 6.10 Å². The Morgan fingerprint density at radius 2 is 1.90 bits per heavy atom. The Kier molecular flexibility index (Phi) is 3.58. The molecular formula is C19H18O. The summed E-state index contributed by atoms with van der Waals surface area (Å²) in [5.74, 6) is 6.50. The van der Waals surface area contributed by atoms with Crippen molar-refractivity contribution in [1.82, 2.24) is 0 Å². The lowest BCUT2D eigenvalue weighted by atomic mass is 9.96. The molecule has 0 bridgehead atoms. The van der Waals surface area contributed by atoms with Crippen molar-refractivity contribution in [2.24, 2.45) is 0 Å². The minimum Gasteiger partial charge on any atom is -0.360 e. The third-order valence-corrected chi connectivity index (χ3v) is 3.60. The van der Waals surface area contributed by atoms with Crippen LogP contribution in [-0.2, 0) is 11.2 Å². The number of ether oxygens (including phenoxy) is 1. The van der Waals surface area contributed by atoms with Gasteiger partial charge in [0.1, 0.15) is 6.10 Å². The molecule has 0 amide bonds. The average Bonchev–Trinajstić information content (AvgIpc) is 2.44. The minimum absolute atomic E-state index is 0.0973. The van der Waals surface area contributed by atoms with Gasteiger partial charge in [0, 0.05) is 5.56 Å². The predicted octanol–water partition coefficient (Wildman–Crippen LogP) is 3.97. The SMILES string of the molecule is Cc1cccc(C#C[C@@H]2OCCc3cc(C)ccc32)c1. The molecule has 2 aromatic rings. The highest BCUT2D eigenvalue weighted by Crippen LogP contribution is 2.27. The zero-order valence-corrected chi connectivity index (χ0v) is 11.9. The lowest BCUT2D eigenvalue weighted by molar-refractivity contribution is 0.0813. The fourth-order valence-electron chi connectivity index (χ4n) is 2.57. The second-order valence-corrected chi connectivity index (χ2v) is 5.34. The van der Waals surface area contributed by atoms with Crippen LogP contribution in [0.5, 0.6) is 0 Å². The van der Waals surface area contributed by atoms with E-state index in [1.807, 2.05) is 12.1 Å². The molecule has 0 radical (unpaired) electrons. The monoisotopic (exact) mass is 262 g/mol. The van der Waals surface area contributed by atoms with Crippen LogP contribution in [-0.4, -0.2) is 6.61 Å². The molecule has 1 atom stereocenters. The Balaban J connectivity index is 1.91. The van der Waals surface area contributed by atoms with E-state index >= 15 is 0 Å². The fraction of sp³-hybridized carbons (Fsp3) is 0.263. The maximum Gasteiger partial charge on any atom is 0.144 e. The molecule has 0 aromatic heterocycles. The number of benzene rings is 2. The normalized spacial score (nSPS) is 17.0. The molecule has 1 aliphatic rings. The number of hydrogen-bond donors (Lipinski definition) is 0. The van der Waals surface area contributed by atoms with Crippen LogP contribution in [0.1, 0.15) is 33.9 Å². The molecule has 0 aliphatic carbocycles. The van der Waals surface area contributed by atoms with Gasteiger partial charge < -0.3 is 4.74 Å². The Bertz CT molecular complexity index is 688. The summed E-state index contributed by atoms with van der Waals surface area (Å²) in [5, 5.41) is 0.